The molecule has 0 atom stereocenters. The summed E-state index contributed by atoms with van der Waals surface area (Å²) in [4.78, 5) is 4.33. The Hall–Kier alpha value is -1.05. The molecule has 0 aliphatic rings. The summed E-state index contributed by atoms with van der Waals surface area (Å²) in [5.74, 6) is 0.535. The SMILES string of the molecule is Cc1csc(Cn2c(CO)n[nH]c2=S)n1. The maximum absolute atomic E-state index is 9.05. The molecule has 0 unspecified atom stereocenters. The summed E-state index contributed by atoms with van der Waals surface area (Å²) in [6, 6.07) is 0. The number of hydrogen-bond donors (Lipinski definition) is 2. The Morgan fingerprint density at radius 2 is 2.47 bits per heavy atom. The first kappa shape index (κ1) is 10.5. The second-order valence-corrected chi connectivity index (χ2v) is 4.40. The Labute approximate surface area is 95.4 Å². The van der Waals surface area contributed by atoms with Gasteiger partial charge in [-0.15, -0.1) is 11.3 Å². The molecule has 0 saturated heterocycles. The predicted molar refractivity (Wildman–Crippen MR) is 59.3 cm³/mol. The number of aliphatic hydroxyl groups is 1. The van der Waals surface area contributed by atoms with Gasteiger partial charge < -0.3 is 5.11 Å². The molecule has 0 saturated carbocycles. The molecule has 80 valence electrons. The van der Waals surface area contributed by atoms with E-state index in [2.05, 4.69) is 15.2 Å². The van der Waals surface area contributed by atoms with E-state index in [1.54, 1.807) is 15.9 Å². The van der Waals surface area contributed by atoms with Crippen molar-refractivity contribution in [2.75, 3.05) is 0 Å². The van der Waals surface area contributed by atoms with Gasteiger partial charge in [0, 0.05) is 11.1 Å². The van der Waals surface area contributed by atoms with Gasteiger partial charge in [-0.25, -0.2) is 4.98 Å². The average molecular weight is 242 g/mol. The van der Waals surface area contributed by atoms with Crippen molar-refractivity contribution in [3.63, 3.8) is 0 Å². The van der Waals surface area contributed by atoms with Gasteiger partial charge in [0.1, 0.15) is 11.6 Å². The van der Waals surface area contributed by atoms with Crippen molar-refractivity contribution in [3.8, 4) is 0 Å². The Bertz CT molecular complexity index is 513. The third-order valence-corrected chi connectivity index (χ3v) is 3.20. The van der Waals surface area contributed by atoms with Crippen molar-refractivity contribution in [3.05, 3.63) is 26.7 Å². The van der Waals surface area contributed by atoms with Crippen LogP contribution in [0.1, 0.15) is 16.5 Å². The van der Waals surface area contributed by atoms with Crippen molar-refractivity contribution < 1.29 is 5.11 Å². The third-order valence-electron chi connectivity index (χ3n) is 1.94. The van der Waals surface area contributed by atoms with Crippen LogP contribution in [0.15, 0.2) is 5.38 Å². The standard InChI is InChI=1S/C8H10N4OS2/c1-5-4-15-7(9-5)2-12-6(3-13)10-11-8(12)14/h4,13H,2-3H2,1H3,(H,11,14). The van der Waals surface area contributed by atoms with E-state index in [0.717, 1.165) is 10.7 Å². The third kappa shape index (κ3) is 2.14. The molecule has 2 heterocycles. The number of aromatic amines is 1. The van der Waals surface area contributed by atoms with Gasteiger partial charge in [0.25, 0.3) is 0 Å². The lowest BCUT2D eigenvalue weighted by Gasteiger charge is -2.01. The number of thiazole rings is 1. The van der Waals surface area contributed by atoms with E-state index < -0.39 is 0 Å². The monoisotopic (exact) mass is 242 g/mol. The van der Waals surface area contributed by atoms with E-state index in [-0.39, 0.29) is 6.61 Å². The minimum absolute atomic E-state index is 0.127. The zero-order valence-electron chi connectivity index (χ0n) is 8.10. The van der Waals surface area contributed by atoms with Crippen LogP contribution in [0, 0.1) is 11.7 Å². The molecule has 2 rings (SSSR count). The molecule has 0 spiro atoms. The fraction of sp³-hybridized carbons (Fsp3) is 0.375. The van der Waals surface area contributed by atoms with Crippen LogP contribution in [0.5, 0.6) is 0 Å². The van der Waals surface area contributed by atoms with Gasteiger partial charge in [0.15, 0.2) is 10.6 Å². The maximum Gasteiger partial charge on any atom is 0.195 e. The molecule has 0 bridgehead atoms. The van der Waals surface area contributed by atoms with Gasteiger partial charge >= 0.3 is 0 Å². The molecule has 0 fully saturated rings. The quantitative estimate of drug-likeness (QED) is 0.795. The van der Waals surface area contributed by atoms with E-state index in [1.165, 1.54) is 0 Å². The van der Waals surface area contributed by atoms with Crippen LogP contribution in [0.4, 0.5) is 0 Å². The number of nitrogens with one attached hydrogen (secondary N) is 1. The number of aliphatic hydroxyl groups excluding tert-OH is 1. The van der Waals surface area contributed by atoms with Gasteiger partial charge in [-0.05, 0) is 19.1 Å². The highest BCUT2D eigenvalue weighted by atomic mass is 32.1. The largest absolute Gasteiger partial charge is 0.388 e. The Balaban J connectivity index is 2.31. The van der Waals surface area contributed by atoms with Gasteiger partial charge in [0.05, 0.1) is 6.54 Å². The molecule has 2 N–H and O–H groups in total. The van der Waals surface area contributed by atoms with E-state index >= 15 is 0 Å². The second kappa shape index (κ2) is 4.21. The Morgan fingerprint density at radius 1 is 1.67 bits per heavy atom. The van der Waals surface area contributed by atoms with Gasteiger partial charge in [-0.3, -0.25) is 9.67 Å². The molecule has 0 aromatic carbocycles. The summed E-state index contributed by atoms with van der Waals surface area (Å²) < 4.78 is 2.25. The summed E-state index contributed by atoms with van der Waals surface area (Å²) >= 11 is 6.63. The molecule has 7 heteroatoms. The molecule has 2 aromatic heterocycles. The van der Waals surface area contributed by atoms with Gasteiger partial charge in [-0.1, -0.05) is 0 Å². The smallest absolute Gasteiger partial charge is 0.195 e. The first-order chi connectivity index (χ1) is 7.20. The predicted octanol–water partition coefficient (Wildman–Crippen LogP) is 1.25. The van der Waals surface area contributed by atoms with Gasteiger partial charge in [-0.2, -0.15) is 5.10 Å². The van der Waals surface area contributed by atoms with Gasteiger partial charge in [0.2, 0.25) is 0 Å². The first-order valence-corrected chi connectivity index (χ1v) is 5.65. The molecular formula is C8H10N4OS2. The zero-order chi connectivity index (χ0) is 10.8. The lowest BCUT2D eigenvalue weighted by atomic mass is 10.5. The van der Waals surface area contributed by atoms with Crippen LogP contribution >= 0.6 is 23.6 Å². The van der Waals surface area contributed by atoms with Crippen molar-refractivity contribution in [2.24, 2.45) is 0 Å². The normalized spacial score (nSPS) is 10.8. The van der Waals surface area contributed by atoms with E-state index in [0.29, 0.717) is 17.1 Å². The fourth-order valence-corrected chi connectivity index (χ4v) is 2.22. The molecule has 5 nitrogen and oxygen atoms in total. The lowest BCUT2D eigenvalue weighted by molar-refractivity contribution is 0.265. The topological polar surface area (TPSA) is 66.7 Å². The summed E-state index contributed by atoms with van der Waals surface area (Å²) in [5, 5.41) is 18.5. The summed E-state index contributed by atoms with van der Waals surface area (Å²) in [6.07, 6.45) is 0. The number of H-pyrrole nitrogens is 1. The number of nitrogens with zero attached hydrogens (tertiary/aromatic N) is 3. The van der Waals surface area contributed by atoms with Crippen LogP contribution in [0.3, 0.4) is 0 Å². The average Bonchev–Trinajstić information content (AvgIpc) is 2.76. The highest BCUT2D eigenvalue weighted by Gasteiger charge is 2.07. The highest BCUT2D eigenvalue weighted by Crippen LogP contribution is 2.11. The molecule has 2 aromatic rings. The Kier molecular flexibility index (Phi) is 2.94. The highest BCUT2D eigenvalue weighted by molar-refractivity contribution is 7.71. The summed E-state index contributed by atoms with van der Waals surface area (Å²) in [7, 11) is 0. The lowest BCUT2D eigenvalue weighted by Crippen LogP contribution is -2.05. The molecule has 0 amide bonds. The Morgan fingerprint density at radius 3 is 3.07 bits per heavy atom. The van der Waals surface area contributed by atoms with E-state index in [4.69, 9.17) is 17.3 Å². The van der Waals surface area contributed by atoms with E-state index in [1.807, 2.05) is 12.3 Å². The number of aromatic nitrogens is 4. The maximum atomic E-state index is 9.05. The number of aryl methyl sites for hydroxylation is 1. The van der Waals surface area contributed by atoms with Crippen LogP contribution in [0.25, 0.3) is 0 Å². The van der Waals surface area contributed by atoms with Crippen molar-refractivity contribution in [1.82, 2.24) is 19.7 Å². The van der Waals surface area contributed by atoms with E-state index in [9.17, 15) is 0 Å². The van der Waals surface area contributed by atoms with Crippen LogP contribution in [-0.4, -0.2) is 24.9 Å². The van der Waals surface area contributed by atoms with Crippen LogP contribution in [-0.2, 0) is 13.2 Å². The first-order valence-electron chi connectivity index (χ1n) is 4.36. The minimum atomic E-state index is -0.127. The van der Waals surface area contributed by atoms with Crippen molar-refractivity contribution in [1.29, 1.82) is 0 Å². The van der Waals surface area contributed by atoms with Crippen LogP contribution < -0.4 is 0 Å². The molecular weight excluding hydrogens is 232 g/mol. The minimum Gasteiger partial charge on any atom is -0.388 e. The fourth-order valence-electron chi connectivity index (χ4n) is 1.24. The number of hydrogen-bond acceptors (Lipinski definition) is 5. The zero-order valence-corrected chi connectivity index (χ0v) is 9.73. The molecule has 0 aliphatic carbocycles. The summed E-state index contributed by atoms with van der Waals surface area (Å²) in [5.41, 5.74) is 0.996. The second-order valence-electron chi connectivity index (χ2n) is 3.07. The van der Waals surface area contributed by atoms with Crippen molar-refractivity contribution >= 4 is 23.6 Å². The number of rotatable bonds is 3. The molecule has 0 radical (unpaired) electrons. The summed E-state index contributed by atoms with van der Waals surface area (Å²) in [6.45, 7) is 2.38. The molecule has 0 aliphatic heterocycles. The molecule has 15 heavy (non-hydrogen) atoms. The van der Waals surface area contributed by atoms with Crippen molar-refractivity contribution in [2.45, 2.75) is 20.1 Å². The van der Waals surface area contributed by atoms with Crippen LogP contribution in [0.2, 0.25) is 0 Å².